The predicted molar refractivity (Wildman–Crippen MR) is 112 cm³/mol. The molecule has 4 aromatic rings. The molecule has 148 valence electrons. The number of nitrogens with two attached hydrogens (primary N) is 1. The van der Waals surface area contributed by atoms with Gasteiger partial charge in [-0.15, -0.1) is 27.8 Å². The first-order valence-electron chi connectivity index (χ1n) is 8.76. The van der Waals surface area contributed by atoms with Gasteiger partial charge in [0.05, 0.1) is 29.1 Å². The van der Waals surface area contributed by atoms with Crippen molar-refractivity contribution in [1.29, 1.82) is 0 Å². The van der Waals surface area contributed by atoms with Crippen molar-refractivity contribution in [2.75, 3.05) is 6.54 Å². The minimum absolute atomic E-state index is 0.165. The lowest BCUT2D eigenvalue weighted by atomic mass is 10.1. The number of benzene rings is 1. The van der Waals surface area contributed by atoms with Gasteiger partial charge >= 0.3 is 0 Å². The molecule has 0 unspecified atom stereocenters. The molecule has 0 atom stereocenters. The fourth-order valence-corrected chi connectivity index (χ4v) is 4.79. The van der Waals surface area contributed by atoms with E-state index in [4.69, 9.17) is 10.8 Å². The van der Waals surface area contributed by atoms with Gasteiger partial charge in [0.1, 0.15) is 5.69 Å². The molecule has 4 rings (SSSR count). The van der Waals surface area contributed by atoms with Gasteiger partial charge < -0.3 is 16.2 Å². The molecule has 0 saturated heterocycles. The number of hydrogen-bond acceptors (Lipinski definition) is 7. The van der Waals surface area contributed by atoms with Crippen molar-refractivity contribution < 1.29 is 14.7 Å². The topological polar surface area (TPSA) is 123 Å². The molecular formula is C19H17N5O3S2. The van der Waals surface area contributed by atoms with E-state index < -0.39 is 5.91 Å². The molecule has 0 aliphatic rings. The minimum Gasteiger partial charge on any atom is -0.390 e. The lowest BCUT2D eigenvalue weighted by Crippen LogP contribution is -2.26. The van der Waals surface area contributed by atoms with Crippen LogP contribution in [0, 0.1) is 0 Å². The van der Waals surface area contributed by atoms with E-state index in [1.807, 2.05) is 24.3 Å². The Morgan fingerprint density at radius 1 is 1.17 bits per heavy atom. The zero-order valence-electron chi connectivity index (χ0n) is 15.2. The first-order valence-corrected chi connectivity index (χ1v) is 10.4. The molecule has 0 saturated carbocycles. The number of nitrogens with one attached hydrogen (secondary N) is 1. The van der Waals surface area contributed by atoms with E-state index in [0.717, 1.165) is 20.5 Å². The fourth-order valence-electron chi connectivity index (χ4n) is 2.89. The van der Waals surface area contributed by atoms with Crippen LogP contribution >= 0.6 is 22.7 Å². The molecule has 3 aromatic heterocycles. The maximum Gasteiger partial charge on any atom is 0.261 e. The van der Waals surface area contributed by atoms with Crippen LogP contribution < -0.4 is 11.1 Å². The monoisotopic (exact) mass is 427 g/mol. The van der Waals surface area contributed by atoms with Crippen LogP contribution in [0.25, 0.3) is 20.5 Å². The van der Waals surface area contributed by atoms with Gasteiger partial charge in [-0.1, -0.05) is 17.3 Å². The van der Waals surface area contributed by atoms with Gasteiger partial charge in [-0.3, -0.25) is 14.3 Å². The summed E-state index contributed by atoms with van der Waals surface area (Å²) >= 11 is 2.75. The molecule has 0 bridgehead atoms. The van der Waals surface area contributed by atoms with Gasteiger partial charge in [0.2, 0.25) is 0 Å². The van der Waals surface area contributed by atoms with Crippen LogP contribution in [0.15, 0.2) is 42.6 Å². The average molecular weight is 428 g/mol. The molecule has 29 heavy (non-hydrogen) atoms. The maximum atomic E-state index is 12.5. The second-order valence-electron chi connectivity index (χ2n) is 6.24. The Bertz CT molecular complexity index is 1190. The Kier molecular flexibility index (Phi) is 5.38. The van der Waals surface area contributed by atoms with Crippen molar-refractivity contribution in [3.63, 3.8) is 0 Å². The highest BCUT2D eigenvalue weighted by Crippen LogP contribution is 2.37. The third-order valence-electron chi connectivity index (χ3n) is 4.27. The number of aromatic nitrogens is 3. The van der Waals surface area contributed by atoms with Gasteiger partial charge in [-0.2, -0.15) is 0 Å². The van der Waals surface area contributed by atoms with Gasteiger partial charge in [0, 0.05) is 27.1 Å². The molecule has 0 aliphatic heterocycles. The number of amides is 2. The summed E-state index contributed by atoms with van der Waals surface area (Å²) in [6.07, 6.45) is 1.64. The lowest BCUT2D eigenvalue weighted by molar-refractivity contribution is 0.0954. The Balaban J connectivity index is 1.47. The Morgan fingerprint density at radius 3 is 2.79 bits per heavy atom. The van der Waals surface area contributed by atoms with E-state index in [1.165, 1.54) is 22.7 Å². The van der Waals surface area contributed by atoms with Gasteiger partial charge in [-0.25, -0.2) is 0 Å². The summed E-state index contributed by atoms with van der Waals surface area (Å²) in [5, 5.41) is 20.5. The lowest BCUT2D eigenvalue weighted by Gasteiger charge is -2.03. The summed E-state index contributed by atoms with van der Waals surface area (Å²) in [7, 11) is 0. The molecular weight excluding hydrogens is 410 g/mol. The molecule has 4 N–H and O–H groups in total. The maximum absolute atomic E-state index is 12.5. The number of thiophene rings is 2. The van der Waals surface area contributed by atoms with E-state index in [2.05, 4.69) is 15.6 Å². The smallest absolute Gasteiger partial charge is 0.261 e. The molecule has 0 aliphatic carbocycles. The number of rotatable bonds is 7. The highest BCUT2D eigenvalue weighted by Gasteiger charge is 2.14. The van der Waals surface area contributed by atoms with Crippen LogP contribution in [-0.2, 0) is 13.2 Å². The average Bonchev–Trinajstić information content (AvgIpc) is 3.45. The standard InChI is InChI=1S/C19H17N5O3S2/c20-18(26)17-8-13-12(2-1-3-14(13)29-17)15-4-5-16(28-15)19(27)21-6-7-24-9-11(10-25)22-23-24/h1-5,8-9,25H,6-7,10H2,(H2,20,26)(H,21,27). The highest BCUT2D eigenvalue weighted by molar-refractivity contribution is 7.21. The van der Waals surface area contributed by atoms with Crippen LogP contribution in [0.3, 0.4) is 0 Å². The minimum atomic E-state index is -0.443. The van der Waals surface area contributed by atoms with E-state index in [9.17, 15) is 9.59 Å². The number of aliphatic hydroxyl groups is 1. The van der Waals surface area contributed by atoms with Crippen molar-refractivity contribution in [3.05, 3.63) is 58.0 Å². The zero-order valence-corrected chi connectivity index (χ0v) is 16.8. The number of carbonyl (C=O) groups excluding carboxylic acids is 2. The SMILES string of the molecule is NC(=O)c1cc2c(-c3ccc(C(=O)NCCn4cc(CO)nn4)s3)cccc2s1. The number of aliphatic hydroxyl groups excluding tert-OH is 1. The molecule has 8 nitrogen and oxygen atoms in total. The molecule has 1 aromatic carbocycles. The summed E-state index contributed by atoms with van der Waals surface area (Å²) in [5.74, 6) is -0.610. The zero-order chi connectivity index (χ0) is 20.4. The number of fused-ring (bicyclic) bond motifs is 1. The normalized spacial score (nSPS) is 11.1. The van der Waals surface area contributed by atoms with Crippen molar-refractivity contribution in [2.24, 2.45) is 5.73 Å². The number of carbonyl (C=O) groups is 2. The van der Waals surface area contributed by atoms with Crippen LogP contribution in [0.5, 0.6) is 0 Å². The van der Waals surface area contributed by atoms with Crippen LogP contribution in [0.2, 0.25) is 0 Å². The quantitative estimate of drug-likeness (QED) is 0.417. The second-order valence-corrected chi connectivity index (χ2v) is 8.41. The fraction of sp³-hybridized carbons (Fsp3) is 0.158. The Labute approximate surface area is 173 Å². The molecule has 0 fully saturated rings. The van der Waals surface area contributed by atoms with Crippen molar-refractivity contribution in [2.45, 2.75) is 13.2 Å². The van der Waals surface area contributed by atoms with Crippen molar-refractivity contribution in [1.82, 2.24) is 20.3 Å². The Morgan fingerprint density at radius 2 is 2.03 bits per heavy atom. The third kappa shape index (κ3) is 4.04. The summed E-state index contributed by atoms with van der Waals surface area (Å²) in [6, 6.07) is 11.3. The number of hydrogen-bond donors (Lipinski definition) is 3. The largest absolute Gasteiger partial charge is 0.390 e. The van der Waals surface area contributed by atoms with Crippen molar-refractivity contribution in [3.8, 4) is 10.4 Å². The van der Waals surface area contributed by atoms with Gasteiger partial charge in [-0.05, 0) is 24.3 Å². The van der Waals surface area contributed by atoms with E-state index in [1.54, 1.807) is 23.0 Å². The first-order chi connectivity index (χ1) is 14.0. The van der Waals surface area contributed by atoms with E-state index >= 15 is 0 Å². The third-order valence-corrected chi connectivity index (χ3v) is 6.51. The number of nitrogens with zero attached hydrogens (tertiary/aromatic N) is 3. The highest BCUT2D eigenvalue weighted by atomic mass is 32.1. The van der Waals surface area contributed by atoms with E-state index in [0.29, 0.717) is 28.5 Å². The molecule has 3 heterocycles. The molecule has 10 heteroatoms. The summed E-state index contributed by atoms with van der Waals surface area (Å²) in [6.45, 7) is 0.686. The first kappa shape index (κ1) is 19.2. The summed E-state index contributed by atoms with van der Waals surface area (Å²) in [5.41, 5.74) is 6.86. The molecule has 0 radical (unpaired) electrons. The van der Waals surface area contributed by atoms with E-state index in [-0.39, 0.29) is 12.5 Å². The molecule has 0 spiro atoms. The summed E-state index contributed by atoms with van der Waals surface area (Å²) < 4.78 is 2.55. The summed E-state index contributed by atoms with van der Waals surface area (Å²) in [4.78, 5) is 26.0. The second kappa shape index (κ2) is 8.11. The predicted octanol–water partition coefficient (Wildman–Crippen LogP) is 2.24. The van der Waals surface area contributed by atoms with Crippen molar-refractivity contribution >= 4 is 44.6 Å². The van der Waals surface area contributed by atoms with Gasteiger partial charge in [0.25, 0.3) is 11.8 Å². The van der Waals surface area contributed by atoms with Crippen LogP contribution in [-0.4, -0.2) is 38.5 Å². The van der Waals surface area contributed by atoms with Gasteiger partial charge in [0.15, 0.2) is 0 Å². The molecule has 2 amide bonds. The number of primary amides is 1. The van der Waals surface area contributed by atoms with Crippen LogP contribution in [0.4, 0.5) is 0 Å². The Hall–Kier alpha value is -3.08. The van der Waals surface area contributed by atoms with Crippen LogP contribution in [0.1, 0.15) is 25.0 Å².